The van der Waals surface area contributed by atoms with Gasteiger partial charge in [-0.2, -0.15) is 0 Å². The zero-order valence-corrected chi connectivity index (χ0v) is 13.1. The van der Waals surface area contributed by atoms with Gasteiger partial charge in [0, 0.05) is 16.6 Å². The Morgan fingerprint density at radius 1 is 1.50 bits per heavy atom. The second-order valence-electron chi connectivity index (χ2n) is 4.80. The van der Waals surface area contributed by atoms with Crippen molar-refractivity contribution in [1.29, 1.82) is 0 Å². The van der Waals surface area contributed by atoms with Crippen LogP contribution in [0.25, 0.3) is 0 Å². The molecule has 0 unspecified atom stereocenters. The summed E-state index contributed by atoms with van der Waals surface area (Å²) in [6.45, 7) is 0.593. The van der Waals surface area contributed by atoms with Gasteiger partial charge >= 0.3 is 0 Å². The molecule has 1 aliphatic heterocycles. The molecule has 1 aliphatic rings. The summed E-state index contributed by atoms with van der Waals surface area (Å²) in [6.07, 6.45) is 1.51. The highest BCUT2D eigenvalue weighted by Gasteiger charge is 2.27. The molecule has 0 aliphatic carbocycles. The van der Waals surface area contributed by atoms with Crippen LogP contribution in [-0.2, 0) is 20.7 Å². The Morgan fingerprint density at radius 3 is 2.90 bits per heavy atom. The summed E-state index contributed by atoms with van der Waals surface area (Å²) >= 11 is 2.20. The van der Waals surface area contributed by atoms with E-state index in [1.165, 1.54) is 0 Å². The number of hydrogen-bond acceptors (Lipinski definition) is 3. The van der Waals surface area contributed by atoms with Crippen LogP contribution in [0.2, 0.25) is 0 Å². The van der Waals surface area contributed by atoms with Crippen molar-refractivity contribution in [2.45, 2.75) is 31.4 Å². The van der Waals surface area contributed by atoms with Crippen molar-refractivity contribution in [3.8, 4) is 0 Å². The van der Waals surface area contributed by atoms with Crippen molar-refractivity contribution in [3.63, 3.8) is 0 Å². The Bertz CT molecular complexity index is 501. The van der Waals surface area contributed by atoms with Gasteiger partial charge in [0.1, 0.15) is 12.1 Å². The number of carbonyl (C=O) groups is 2. The molecule has 3 N–H and O–H groups in total. The summed E-state index contributed by atoms with van der Waals surface area (Å²) in [7, 11) is 0. The van der Waals surface area contributed by atoms with E-state index in [9.17, 15) is 9.59 Å². The molecule has 1 heterocycles. The van der Waals surface area contributed by atoms with Crippen LogP contribution in [-0.4, -0.2) is 30.6 Å². The van der Waals surface area contributed by atoms with Gasteiger partial charge in [-0.25, -0.2) is 0 Å². The molecule has 2 atom stereocenters. The molecule has 1 aromatic rings. The quantitative estimate of drug-likeness (QED) is 0.739. The molecule has 1 aromatic carbocycles. The molecule has 5 nitrogen and oxygen atoms in total. The van der Waals surface area contributed by atoms with Crippen molar-refractivity contribution in [3.05, 3.63) is 33.4 Å². The number of primary amides is 1. The number of rotatable bonds is 5. The third-order valence-corrected chi connectivity index (χ3v) is 3.88. The van der Waals surface area contributed by atoms with Gasteiger partial charge in [-0.3, -0.25) is 9.59 Å². The molecule has 20 heavy (non-hydrogen) atoms. The maximum Gasteiger partial charge on any atom is 0.249 e. The topological polar surface area (TPSA) is 81.4 Å². The van der Waals surface area contributed by atoms with E-state index in [-0.39, 0.29) is 5.91 Å². The fraction of sp³-hybridized carbons (Fsp3) is 0.429. The fourth-order valence-electron chi connectivity index (χ4n) is 2.17. The highest BCUT2D eigenvalue weighted by Crippen LogP contribution is 2.13. The van der Waals surface area contributed by atoms with Gasteiger partial charge in [-0.05, 0) is 53.1 Å². The fourth-order valence-corrected chi connectivity index (χ4v) is 2.78. The van der Waals surface area contributed by atoms with Crippen molar-refractivity contribution in [2.75, 3.05) is 6.61 Å². The van der Waals surface area contributed by atoms with E-state index in [0.29, 0.717) is 19.4 Å². The molecule has 6 heteroatoms. The maximum absolute atomic E-state index is 12.0. The third kappa shape index (κ3) is 4.17. The molecule has 0 bridgehead atoms. The van der Waals surface area contributed by atoms with Gasteiger partial charge in [0.15, 0.2) is 0 Å². The van der Waals surface area contributed by atoms with Crippen LogP contribution in [0.3, 0.4) is 0 Å². The van der Waals surface area contributed by atoms with Gasteiger partial charge in [-0.1, -0.05) is 12.1 Å². The van der Waals surface area contributed by atoms with Gasteiger partial charge in [0.2, 0.25) is 11.8 Å². The first-order chi connectivity index (χ1) is 9.56. The predicted octanol–water partition coefficient (Wildman–Crippen LogP) is 0.983. The highest BCUT2D eigenvalue weighted by atomic mass is 127. The lowest BCUT2D eigenvalue weighted by molar-refractivity contribution is -0.133. The first kappa shape index (κ1) is 15.2. The van der Waals surface area contributed by atoms with Crippen LogP contribution in [0.15, 0.2) is 24.3 Å². The van der Waals surface area contributed by atoms with Crippen LogP contribution in [0.4, 0.5) is 0 Å². The van der Waals surface area contributed by atoms with Gasteiger partial charge in [-0.15, -0.1) is 0 Å². The standard InChI is InChI=1S/C14H17IN2O3/c15-10-4-1-3-9(7-10)8-11(13(16)18)17-14(19)12-5-2-6-20-12/h1,3-4,7,11-12H,2,5-6,8H2,(H2,16,18)(H,17,19)/t11-,12-/m1/s1. The van der Waals surface area contributed by atoms with E-state index < -0.39 is 18.1 Å². The third-order valence-electron chi connectivity index (χ3n) is 3.21. The smallest absolute Gasteiger partial charge is 0.249 e. The number of halogens is 1. The van der Waals surface area contributed by atoms with Crippen molar-refractivity contribution >= 4 is 34.4 Å². The largest absolute Gasteiger partial charge is 0.368 e. The number of carbonyl (C=O) groups excluding carboxylic acids is 2. The molecule has 0 radical (unpaired) electrons. The lowest BCUT2D eigenvalue weighted by Gasteiger charge is -2.18. The summed E-state index contributed by atoms with van der Waals surface area (Å²) in [4.78, 5) is 23.5. The van der Waals surface area contributed by atoms with E-state index in [1.54, 1.807) is 0 Å². The van der Waals surface area contributed by atoms with Crippen molar-refractivity contribution < 1.29 is 14.3 Å². The molecular formula is C14H17IN2O3. The van der Waals surface area contributed by atoms with E-state index >= 15 is 0 Å². The molecule has 108 valence electrons. The van der Waals surface area contributed by atoms with E-state index in [2.05, 4.69) is 27.9 Å². The Hall–Kier alpha value is -1.15. The molecule has 1 saturated heterocycles. The zero-order valence-electron chi connectivity index (χ0n) is 11.0. The molecule has 0 saturated carbocycles. The average Bonchev–Trinajstić information content (AvgIpc) is 2.91. The zero-order chi connectivity index (χ0) is 14.5. The number of nitrogens with one attached hydrogen (secondary N) is 1. The minimum Gasteiger partial charge on any atom is -0.368 e. The lowest BCUT2D eigenvalue weighted by Crippen LogP contribution is -2.49. The van der Waals surface area contributed by atoms with Crippen LogP contribution in [0.1, 0.15) is 18.4 Å². The maximum atomic E-state index is 12.0. The molecule has 0 aromatic heterocycles. The lowest BCUT2D eigenvalue weighted by atomic mass is 10.1. The molecule has 1 fully saturated rings. The van der Waals surface area contributed by atoms with Crippen LogP contribution >= 0.6 is 22.6 Å². The summed E-state index contributed by atoms with van der Waals surface area (Å²) < 4.78 is 6.38. The number of hydrogen-bond donors (Lipinski definition) is 2. The molecular weight excluding hydrogens is 371 g/mol. The second kappa shape index (κ2) is 7.03. The normalized spacial score (nSPS) is 19.6. The van der Waals surface area contributed by atoms with Crippen LogP contribution in [0, 0.1) is 3.57 Å². The van der Waals surface area contributed by atoms with E-state index in [0.717, 1.165) is 15.6 Å². The van der Waals surface area contributed by atoms with Crippen molar-refractivity contribution in [2.24, 2.45) is 5.73 Å². The van der Waals surface area contributed by atoms with Crippen LogP contribution in [0.5, 0.6) is 0 Å². The Balaban J connectivity index is 2.00. The first-order valence-corrected chi connectivity index (χ1v) is 7.60. The average molecular weight is 388 g/mol. The first-order valence-electron chi connectivity index (χ1n) is 6.52. The monoisotopic (exact) mass is 388 g/mol. The summed E-state index contributed by atoms with van der Waals surface area (Å²) in [6, 6.07) is 7.06. The summed E-state index contributed by atoms with van der Waals surface area (Å²) in [5.41, 5.74) is 6.34. The Morgan fingerprint density at radius 2 is 2.30 bits per heavy atom. The molecule has 0 spiro atoms. The van der Waals surface area contributed by atoms with Crippen molar-refractivity contribution in [1.82, 2.24) is 5.32 Å². The number of ether oxygens (including phenoxy) is 1. The van der Waals surface area contributed by atoms with E-state index in [1.807, 2.05) is 24.3 Å². The van der Waals surface area contributed by atoms with E-state index in [4.69, 9.17) is 10.5 Å². The van der Waals surface area contributed by atoms with Gasteiger partial charge < -0.3 is 15.8 Å². The Kier molecular flexibility index (Phi) is 5.36. The SMILES string of the molecule is NC(=O)[C@@H](Cc1cccc(I)c1)NC(=O)[C@H]1CCCO1. The minimum absolute atomic E-state index is 0.253. The molecule has 2 amide bonds. The second-order valence-corrected chi connectivity index (χ2v) is 6.04. The minimum atomic E-state index is -0.704. The predicted molar refractivity (Wildman–Crippen MR) is 83.0 cm³/mol. The number of benzene rings is 1. The number of amides is 2. The van der Waals surface area contributed by atoms with Crippen LogP contribution < -0.4 is 11.1 Å². The highest BCUT2D eigenvalue weighted by molar-refractivity contribution is 14.1. The molecule has 2 rings (SSSR count). The summed E-state index contributed by atoms with van der Waals surface area (Å²) in [5, 5.41) is 2.69. The Labute approximate surface area is 131 Å². The van der Waals surface area contributed by atoms with Gasteiger partial charge in [0.05, 0.1) is 0 Å². The number of nitrogens with two attached hydrogens (primary N) is 1. The van der Waals surface area contributed by atoms with Gasteiger partial charge in [0.25, 0.3) is 0 Å². The summed E-state index contributed by atoms with van der Waals surface area (Å²) in [5.74, 6) is -0.785.